The molecule has 0 radical (unpaired) electrons. The van der Waals surface area contributed by atoms with Crippen molar-refractivity contribution in [2.45, 2.75) is 221 Å². The standard InChI is InChI=1S/C41H78O6/c1-6-7-8-9-14-21-26-31-39(42)45-34-38(35-46-40(43)32-27-22-18-17-20-25-30-37(4)5)47-41(44)33-28-23-16-13-11-10-12-15-19-24-29-36(2)3/h36-38H,6-35H2,1-5H3/t38-/m1/s1. The fourth-order valence-electron chi connectivity index (χ4n) is 5.87. The van der Waals surface area contributed by atoms with Crippen LogP contribution in [0.1, 0.15) is 214 Å². The van der Waals surface area contributed by atoms with Gasteiger partial charge in [-0.2, -0.15) is 0 Å². The lowest BCUT2D eigenvalue weighted by atomic mass is 10.0. The van der Waals surface area contributed by atoms with E-state index in [0.29, 0.717) is 19.3 Å². The molecule has 0 fully saturated rings. The molecule has 0 aromatic carbocycles. The Morgan fingerprint density at radius 1 is 0.404 bits per heavy atom. The van der Waals surface area contributed by atoms with E-state index in [0.717, 1.165) is 69.6 Å². The summed E-state index contributed by atoms with van der Waals surface area (Å²) in [5, 5.41) is 0. The van der Waals surface area contributed by atoms with Crippen LogP contribution in [0.25, 0.3) is 0 Å². The Bertz CT molecular complexity index is 719. The van der Waals surface area contributed by atoms with Crippen molar-refractivity contribution in [3.8, 4) is 0 Å². The van der Waals surface area contributed by atoms with Gasteiger partial charge in [0.2, 0.25) is 0 Å². The third-order valence-corrected chi connectivity index (χ3v) is 8.97. The van der Waals surface area contributed by atoms with Gasteiger partial charge in [-0.15, -0.1) is 0 Å². The third-order valence-electron chi connectivity index (χ3n) is 8.97. The lowest BCUT2D eigenvalue weighted by molar-refractivity contribution is -0.167. The van der Waals surface area contributed by atoms with E-state index in [-0.39, 0.29) is 31.1 Å². The maximum atomic E-state index is 12.6. The second kappa shape index (κ2) is 34.3. The average Bonchev–Trinajstić information content (AvgIpc) is 3.03. The molecule has 6 heteroatoms. The van der Waals surface area contributed by atoms with Gasteiger partial charge in [-0.3, -0.25) is 14.4 Å². The van der Waals surface area contributed by atoms with Crippen LogP contribution in [0.2, 0.25) is 0 Å². The first-order valence-electron chi connectivity index (χ1n) is 20.2. The molecular formula is C41H78O6. The van der Waals surface area contributed by atoms with Crippen LogP contribution in [0.3, 0.4) is 0 Å². The van der Waals surface area contributed by atoms with Crippen molar-refractivity contribution in [3.05, 3.63) is 0 Å². The predicted octanol–water partition coefficient (Wildman–Crippen LogP) is 12.2. The lowest BCUT2D eigenvalue weighted by Gasteiger charge is -2.18. The van der Waals surface area contributed by atoms with Gasteiger partial charge in [0.15, 0.2) is 6.10 Å². The fourth-order valence-corrected chi connectivity index (χ4v) is 5.87. The molecule has 0 heterocycles. The Kier molecular flexibility index (Phi) is 33.1. The number of ether oxygens (including phenoxy) is 3. The summed E-state index contributed by atoms with van der Waals surface area (Å²) in [6.45, 7) is 11.2. The predicted molar refractivity (Wildman–Crippen MR) is 196 cm³/mol. The molecule has 0 aromatic heterocycles. The van der Waals surface area contributed by atoms with Gasteiger partial charge >= 0.3 is 17.9 Å². The molecule has 0 N–H and O–H groups in total. The second-order valence-corrected chi connectivity index (χ2v) is 14.9. The maximum Gasteiger partial charge on any atom is 0.306 e. The molecule has 1 atom stereocenters. The summed E-state index contributed by atoms with van der Waals surface area (Å²) in [5.74, 6) is 0.704. The van der Waals surface area contributed by atoms with Crippen LogP contribution in [-0.2, 0) is 28.6 Å². The molecule has 0 aliphatic heterocycles. The van der Waals surface area contributed by atoms with Crippen molar-refractivity contribution in [2.75, 3.05) is 13.2 Å². The molecule has 0 rings (SSSR count). The van der Waals surface area contributed by atoms with Gasteiger partial charge in [0, 0.05) is 19.3 Å². The van der Waals surface area contributed by atoms with E-state index in [4.69, 9.17) is 14.2 Å². The Hall–Kier alpha value is -1.59. The van der Waals surface area contributed by atoms with E-state index in [2.05, 4.69) is 34.6 Å². The summed E-state index contributed by atoms with van der Waals surface area (Å²) < 4.78 is 16.6. The lowest BCUT2D eigenvalue weighted by Crippen LogP contribution is -2.30. The van der Waals surface area contributed by atoms with Crippen molar-refractivity contribution in [3.63, 3.8) is 0 Å². The second-order valence-electron chi connectivity index (χ2n) is 14.9. The molecule has 6 nitrogen and oxygen atoms in total. The largest absolute Gasteiger partial charge is 0.462 e. The number of hydrogen-bond donors (Lipinski definition) is 0. The number of hydrogen-bond acceptors (Lipinski definition) is 6. The van der Waals surface area contributed by atoms with Gasteiger partial charge in [0.05, 0.1) is 0 Å². The number of unbranched alkanes of at least 4 members (excludes halogenated alkanes) is 20. The topological polar surface area (TPSA) is 78.9 Å². The Balaban J connectivity index is 4.32. The normalized spacial score (nSPS) is 12.1. The minimum Gasteiger partial charge on any atom is -0.462 e. The highest BCUT2D eigenvalue weighted by molar-refractivity contribution is 5.71. The van der Waals surface area contributed by atoms with Crippen LogP contribution < -0.4 is 0 Å². The highest BCUT2D eigenvalue weighted by Crippen LogP contribution is 2.15. The zero-order valence-corrected chi connectivity index (χ0v) is 31.9. The number of carbonyl (C=O) groups excluding carboxylic acids is 3. The molecule has 0 aromatic rings. The van der Waals surface area contributed by atoms with E-state index >= 15 is 0 Å². The third kappa shape index (κ3) is 35.5. The zero-order chi connectivity index (χ0) is 34.8. The molecule has 0 unspecified atom stereocenters. The van der Waals surface area contributed by atoms with Crippen molar-refractivity contribution < 1.29 is 28.6 Å². The minimum absolute atomic E-state index is 0.0673. The Morgan fingerprint density at radius 3 is 1.04 bits per heavy atom. The van der Waals surface area contributed by atoms with Crippen molar-refractivity contribution in [1.29, 1.82) is 0 Å². The maximum absolute atomic E-state index is 12.6. The van der Waals surface area contributed by atoms with E-state index in [1.165, 1.54) is 103 Å². The van der Waals surface area contributed by atoms with Gasteiger partial charge in [0.1, 0.15) is 13.2 Å². The van der Waals surface area contributed by atoms with Gasteiger partial charge in [-0.25, -0.2) is 0 Å². The van der Waals surface area contributed by atoms with Gasteiger partial charge < -0.3 is 14.2 Å². The van der Waals surface area contributed by atoms with E-state index in [9.17, 15) is 14.4 Å². The van der Waals surface area contributed by atoms with Crippen LogP contribution >= 0.6 is 0 Å². The average molecular weight is 667 g/mol. The molecule has 47 heavy (non-hydrogen) atoms. The van der Waals surface area contributed by atoms with E-state index < -0.39 is 6.10 Å². The number of carbonyl (C=O) groups is 3. The summed E-state index contributed by atoms with van der Waals surface area (Å²) in [6, 6.07) is 0. The molecule has 0 bridgehead atoms. The first-order chi connectivity index (χ1) is 22.7. The minimum atomic E-state index is -0.758. The molecule has 0 spiro atoms. The molecule has 0 aliphatic carbocycles. The van der Waals surface area contributed by atoms with Crippen LogP contribution in [0.5, 0.6) is 0 Å². The summed E-state index contributed by atoms with van der Waals surface area (Å²) in [4.78, 5) is 37.4. The fraction of sp³-hybridized carbons (Fsp3) is 0.927. The van der Waals surface area contributed by atoms with Crippen LogP contribution in [0.4, 0.5) is 0 Å². The van der Waals surface area contributed by atoms with Crippen molar-refractivity contribution in [2.24, 2.45) is 11.8 Å². The van der Waals surface area contributed by atoms with E-state index in [1.54, 1.807) is 0 Å². The molecule has 0 aliphatic rings. The van der Waals surface area contributed by atoms with Gasteiger partial charge in [0.25, 0.3) is 0 Å². The molecule has 0 saturated carbocycles. The van der Waals surface area contributed by atoms with Crippen LogP contribution in [0.15, 0.2) is 0 Å². The first-order valence-corrected chi connectivity index (χ1v) is 20.2. The summed E-state index contributed by atoms with van der Waals surface area (Å²) in [7, 11) is 0. The molecule has 0 amide bonds. The smallest absolute Gasteiger partial charge is 0.306 e. The highest BCUT2D eigenvalue weighted by atomic mass is 16.6. The van der Waals surface area contributed by atoms with Crippen molar-refractivity contribution >= 4 is 17.9 Å². The van der Waals surface area contributed by atoms with Crippen molar-refractivity contribution in [1.82, 2.24) is 0 Å². The Morgan fingerprint density at radius 2 is 0.702 bits per heavy atom. The summed E-state index contributed by atoms with van der Waals surface area (Å²) in [6.07, 6.45) is 29.7. The van der Waals surface area contributed by atoms with Crippen LogP contribution in [-0.4, -0.2) is 37.2 Å². The van der Waals surface area contributed by atoms with Gasteiger partial charge in [-0.1, -0.05) is 176 Å². The SMILES string of the molecule is CCCCCCCCCC(=O)OC[C@H](COC(=O)CCCCCCCCC(C)C)OC(=O)CCCCCCCCCCCCC(C)C. The first kappa shape index (κ1) is 45.4. The summed E-state index contributed by atoms with van der Waals surface area (Å²) >= 11 is 0. The number of rotatable bonds is 35. The van der Waals surface area contributed by atoms with Crippen LogP contribution in [0, 0.1) is 11.8 Å². The van der Waals surface area contributed by atoms with E-state index in [1.807, 2.05) is 0 Å². The Labute approximate surface area is 291 Å². The monoisotopic (exact) mass is 667 g/mol. The molecular weight excluding hydrogens is 588 g/mol. The van der Waals surface area contributed by atoms with Gasteiger partial charge in [-0.05, 0) is 31.1 Å². The molecule has 278 valence electrons. The molecule has 0 saturated heterocycles. The zero-order valence-electron chi connectivity index (χ0n) is 31.9. The highest BCUT2D eigenvalue weighted by Gasteiger charge is 2.19. The quantitative estimate of drug-likeness (QED) is 0.0380. The summed E-state index contributed by atoms with van der Waals surface area (Å²) in [5.41, 5.74) is 0. The number of esters is 3.